The maximum absolute atomic E-state index is 9.15. The van der Waals surface area contributed by atoms with E-state index in [4.69, 9.17) is 5.21 Å². The zero-order chi connectivity index (χ0) is 8.55. The van der Waals surface area contributed by atoms with Gasteiger partial charge in [-0.05, 0) is 27.4 Å². The van der Waals surface area contributed by atoms with E-state index in [1.807, 2.05) is 24.3 Å². The summed E-state index contributed by atoms with van der Waals surface area (Å²) in [6, 6.07) is 7.77. The highest BCUT2D eigenvalue weighted by molar-refractivity contribution is 9.10. The van der Waals surface area contributed by atoms with Crippen LogP contribution in [-0.4, -0.2) is 5.21 Å². The SMILES string of the molecule is O[n+]1ccc2cccc(Br)c2c1. The number of benzene rings is 1. The number of aromatic nitrogens is 1. The summed E-state index contributed by atoms with van der Waals surface area (Å²) >= 11 is 3.41. The molecule has 2 rings (SSSR count). The molecule has 0 atom stereocenters. The smallest absolute Gasteiger partial charge is 0.231 e. The highest BCUT2D eigenvalue weighted by atomic mass is 79.9. The molecule has 0 fully saturated rings. The second kappa shape index (κ2) is 2.75. The van der Waals surface area contributed by atoms with Crippen molar-refractivity contribution in [2.24, 2.45) is 0 Å². The van der Waals surface area contributed by atoms with Crippen molar-refractivity contribution in [2.75, 3.05) is 0 Å². The van der Waals surface area contributed by atoms with Gasteiger partial charge in [0.15, 0.2) is 0 Å². The molecule has 0 aliphatic carbocycles. The van der Waals surface area contributed by atoms with Crippen LogP contribution in [0.2, 0.25) is 0 Å². The Morgan fingerprint density at radius 3 is 2.92 bits per heavy atom. The standard InChI is InChI=1S/C9H7BrNO/c10-9-3-1-2-7-4-5-11(12)6-8(7)9/h1-6,12H/q+1. The lowest BCUT2D eigenvalue weighted by Gasteiger charge is -1.95. The molecule has 0 unspecified atom stereocenters. The lowest BCUT2D eigenvalue weighted by molar-refractivity contribution is -0.904. The Hall–Kier alpha value is -1.09. The maximum atomic E-state index is 9.15. The first-order valence-corrected chi connectivity index (χ1v) is 4.35. The molecular formula is C9H7BrNO+. The normalized spacial score (nSPS) is 10.4. The molecule has 0 bridgehead atoms. The summed E-state index contributed by atoms with van der Waals surface area (Å²) in [4.78, 5) is 0. The van der Waals surface area contributed by atoms with Gasteiger partial charge in [-0.3, -0.25) is 5.21 Å². The summed E-state index contributed by atoms with van der Waals surface area (Å²) < 4.78 is 2.04. The fourth-order valence-corrected chi connectivity index (χ4v) is 1.65. The van der Waals surface area contributed by atoms with Crippen LogP contribution in [0.4, 0.5) is 0 Å². The minimum atomic E-state index is 0.989. The summed E-state index contributed by atoms with van der Waals surface area (Å²) in [5.74, 6) is 0. The van der Waals surface area contributed by atoms with Gasteiger partial charge in [-0.2, -0.15) is 0 Å². The molecule has 0 amide bonds. The Balaban J connectivity index is 2.88. The summed E-state index contributed by atoms with van der Waals surface area (Å²) in [6.45, 7) is 0. The third-order valence-corrected chi connectivity index (χ3v) is 2.45. The maximum Gasteiger partial charge on any atom is 0.231 e. The molecule has 0 aliphatic rings. The van der Waals surface area contributed by atoms with Crippen LogP contribution in [0.15, 0.2) is 41.1 Å². The molecule has 1 aromatic carbocycles. The van der Waals surface area contributed by atoms with Crippen molar-refractivity contribution >= 4 is 26.7 Å². The van der Waals surface area contributed by atoms with Crippen molar-refractivity contribution in [1.82, 2.24) is 0 Å². The summed E-state index contributed by atoms with van der Waals surface area (Å²) in [5, 5.41) is 11.3. The third-order valence-electron chi connectivity index (χ3n) is 1.75. The number of hydrogen-bond donors (Lipinski definition) is 1. The Morgan fingerprint density at radius 2 is 2.08 bits per heavy atom. The summed E-state index contributed by atoms with van der Waals surface area (Å²) in [5.41, 5.74) is 0. The van der Waals surface area contributed by atoms with Crippen molar-refractivity contribution in [3.05, 3.63) is 41.1 Å². The largest absolute Gasteiger partial charge is 0.285 e. The number of fused-ring (bicyclic) bond motifs is 1. The summed E-state index contributed by atoms with van der Waals surface area (Å²) in [6.07, 6.45) is 3.27. The minimum Gasteiger partial charge on any atom is -0.285 e. The fraction of sp³-hybridized carbons (Fsp3) is 0. The van der Waals surface area contributed by atoms with Crippen molar-refractivity contribution in [3.63, 3.8) is 0 Å². The van der Waals surface area contributed by atoms with Crippen LogP contribution in [0.1, 0.15) is 0 Å². The van der Waals surface area contributed by atoms with Crippen LogP contribution in [0, 0.1) is 0 Å². The molecule has 0 spiro atoms. The van der Waals surface area contributed by atoms with Crippen LogP contribution in [0.3, 0.4) is 0 Å². The molecule has 0 saturated carbocycles. The van der Waals surface area contributed by atoms with Gasteiger partial charge in [0.2, 0.25) is 12.4 Å². The highest BCUT2D eigenvalue weighted by Crippen LogP contribution is 2.21. The van der Waals surface area contributed by atoms with E-state index in [9.17, 15) is 0 Å². The molecule has 0 saturated heterocycles. The van der Waals surface area contributed by atoms with E-state index in [1.54, 1.807) is 12.4 Å². The average molecular weight is 225 g/mol. The Labute approximate surface area is 78.2 Å². The quantitative estimate of drug-likeness (QED) is 0.539. The van der Waals surface area contributed by atoms with E-state index in [0.29, 0.717) is 0 Å². The number of halogens is 1. The molecule has 3 heteroatoms. The second-order valence-electron chi connectivity index (χ2n) is 2.57. The van der Waals surface area contributed by atoms with Crippen molar-refractivity contribution in [2.45, 2.75) is 0 Å². The lowest BCUT2D eigenvalue weighted by atomic mass is 10.2. The van der Waals surface area contributed by atoms with Gasteiger partial charge in [-0.25, -0.2) is 0 Å². The first-order chi connectivity index (χ1) is 5.77. The Kier molecular flexibility index (Phi) is 1.73. The molecule has 60 valence electrons. The minimum absolute atomic E-state index is 0.989. The van der Waals surface area contributed by atoms with Crippen molar-refractivity contribution in [1.29, 1.82) is 0 Å². The third kappa shape index (κ3) is 1.16. The molecule has 0 radical (unpaired) electrons. The van der Waals surface area contributed by atoms with Crippen LogP contribution in [0.25, 0.3) is 10.8 Å². The summed E-state index contributed by atoms with van der Waals surface area (Å²) in [7, 11) is 0. The molecule has 2 aromatic rings. The van der Waals surface area contributed by atoms with Gasteiger partial charge < -0.3 is 0 Å². The van der Waals surface area contributed by atoms with E-state index in [2.05, 4.69) is 15.9 Å². The zero-order valence-corrected chi connectivity index (χ0v) is 7.82. The predicted molar refractivity (Wildman–Crippen MR) is 49.0 cm³/mol. The van der Waals surface area contributed by atoms with Crippen LogP contribution < -0.4 is 4.73 Å². The Morgan fingerprint density at radius 1 is 1.25 bits per heavy atom. The van der Waals surface area contributed by atoms with Gasteiger partial charge in [0.1, 0.15) is 0 Å². The van der Waals surface area contributed by atoms with Gasteiger partial charge in [0, 0.05) is 15.3 Å². The molecule has 0 aliphatic heterocycles. The van der Waals surface area contributed by atoms with E-state index in [0.717, 1.165) is 20.0 Å². The molecular weight excluding hydrogens is 218 g/mol. The van der Waals surface area contributed by atoms with Crippen molar-refractivity contribution in [3.8, 4) is 0 Å². The van der Waals surface area contributed by atoms with Crippen LogP contribution in [0.5, 0.6) is 0 Å². The predicted octanol–water partition coefficient (Wildman–Crippen LogP) is 2.13. The monoisotopic (exact) mass is 224 g/mol. The van der Waals surface area contributed by atoms with Gasteiger partial charge >= 0.3 is 0 Å². The first kappa shape index (κ1) is 7.55. The topological polar surface area (TPSA) is 24.1 Å². The van der Waals surface area contributed by atoms with Gasteiger partial charge in [-0.15, -0.1) is 0 Å². The fourth-order valence-electron chi connectivity index (χ4n) is 1.17. The van der Waals surface area contributed by atoms with E-state index in [1.165, 1.54) is 0 Å². The van der Waals surface area contributed by atoms with E-state index >= 15 is 0 Å². The first-order valence-electron chi connectivity index (χ1n) is 3.56. The number of hydrogen-bond acceptors (Lipinski definition) is 1. The van der Waals surface area contributed by atoms with Gasteiger partial charge in [-0.1, -0.05) is 12.1 Å². The van der Waals surface area contributed by atoms with Gasteiger partial charge in [0.25, 0.3) is 0 Å². The second-order valence-corrected chi connectivity index (χ2v) is 3.42. The number of nitrogens with zero attached hydrogens (tertiary/aromatic N) is 1. The average Bonchev–Trinajstić information content (AvgIpc) is 2.07. The molecule has 2 nitrogen and oxygen atoms in total. The molecule has 1 aromatic heterocycles. The molecule has 12 heavy (non-hydrogen) atoms. The van der Waals surface area contributed by atoms with E-state index in [-0.39, 0.29) is 0 Å². The molecule has 1 heterocycles. The zero-order valence-electron chi connectivity index (χ0n) is 6.24. The highest BCUT2D eigenvalue weighted by Gasteiger charge is 2.02. The van der Waals surface area contributed by atoms with Crippen molar-refractivity contribution < 1.29 is 9.94 Å². The lowest BCUT2D eigenvalue weighted by Crippen LogP contribution is -2.27. The van der Waals surface area contributed by atoms with Gasteiger partial charge in [0.05, 0.1) is 5.39 Å². The molecule has 1 N–H and O–H groups in total. The number of pyridine rings is 1. The van der Waals surface area contributed by atoms with E-state index < -0.39 is 0 Å². The number of rotatable bonds is 0. The van der Waals surface area contributed by atoms with Crippen LogP contribution in [-0.2, 0) is 0 Å². The van der Waals surface area contributed by atoms with Crippen LogP contribution >= 0.6 is 15.9 Å². The Bertz CT molecular complexity index is 428.